The van der Waals surface area contributed by atoms with Gasteiger partial charge in [-0.3, -0.25) is 9.69 Å². The summed E-state index contributed by atoms with van der Waals surface area (Å²) in [6.07, 6.45) is 11.5. The molecule has 2 aromatic carbocycles. The number of nitrogens with zero attached hydrogens (tertiary/aromatic N) is 1. The van der Waals surface area contributed by atoms with Crippen LogP contribution < -0.4 is 4.74 Å². The van der Waals surface area contributed by atoms with Gasteiger partial charge < -0.3 is 9.47 Å². The van der Waals surface area contributed by atoms with Crippen LogP contribution in [0.3, 0.4) is 0 Å². The Kier molecular flexibility index (Phi) is 7.61. The summed E-state index contributed by atoms with van der Waals surface area (Å²) in [7, 11) is 0. The molecule has 2 heterocycles. The van der Waals surface area contributed by atoms with E-state index in [1.165, 1.54) is 43.2 Å². The normalized spacial score (nSPS) is 39.5. The highest BCUT2D eigenvalue weighted by Crippen LogP contribution is 2.61. The lowest BCUT2D eigenvalue weighted by atomic mass is 9.61. The first kappa shape index (κ1) is 29.7. The molecular weight excluding hydrogens is 554 g/mol. The number of ether oxygens (including phenoxy) is 2. The van der Waals surface area contributed by atoms with Crippen molar-refractivity contribution in [2.75, 3.05) is 6.54 Å². The van der Waals surface area contributed by atoms with Crippen LogP contribution >= 0.6 is 0 Å². The van der Waals surface area contributed by atoms with E-state index in [0.29, 0.717) is 47.5 Å². The van der Waals surface area contributed by atoms with E-state index in [4.69, 9.17) is 9.47 Å². The maximum absolute atomic E-state index is 12.4. The van der Waals surface area contributed by atoms with Crippen molar-refractivity contribution in [1.82, 2.24) is 4.90 Å². The van der Waals surface area contributed by atoms with Gasteiger partial charge in [0.2, 0.25) is 0 Å². The fourth-order valence-electron chi connectivity index (χ4n) is 11.3. The van der Waals surface area contributed by atoms with E-state index in [0.717, 1.165) is 55.7 Å². The number of likely N-dealkylation sites (tertiary alicyclic amines) is 1. The molecule has 4 nitrogen and oxygen atoms in total. The maximum atomic E-state index is 12.4. The van der Waals surface area contributed by atoms with E-state index in [1.807, 2.05) is 36.4 Å². The lowest BCUT2D eigenvalue weighted by Gasteiger charge is -2.43. The molecule has 0 radical (unpaired) electrons. The number of carbonyl (C=O) groups excluding carboxylic acids is 1. The van der Waals surface area contributed by atoms with Gasteiger partial charge in [0, 0.05) is 31.5 Å². The Morgan fingerprint density at radius 1 is 0.956 bits per heavy atom. The number of para-hydroxylation sites is 1. The SMILES string of the molecule is CC1=C2C[C@@H]3C4C(=CC(=O)C[C@H]4C)CC[C@H]3[C@@H]2CC[C@@]2(C1)O[C@@H]1C[C@H](C)CN(Cc3ccc(Oc4ccccc4)cc3)[C@H]1[C@H]2C. The van der Waals surface area contributed by atoms with Gasteiger partial charge in [-0.2, -0.15) is 0 Å². The number of fused-ring (bicyclic) bond motifs is 6. The van der Waals surface area contributed by atoms with Gasteiger partial charge in [0.1, 0.15) is 11.5 Å². The van der Waals surface area contributed by atoms with Crippen molar-refractivity contribution in [1.29, 1.82) is 0 Å². The second-order valence-electron chi connectivity index (χ2n) is 15.9. The number of hydrogen-bond donors (Lipinski definition) is 0. The van der Waals surface area contributed by atoms with E-state index in [2.05, 4.69) is 56.9 Å². The summed E-state index contributed by atoms with van der Waals surface area (Å²) in [6.45, 7) is 11.8. The summed E-state index contributed by atoms with van der Waals surface area (Å²) in [5.41, 5.74) is 6.19. The summed E-state index contributed by atoms with van der Waals surface area (Å²) in [5, 5.41) is 0. The van der Waals surface area contributed by atoms with E-state index >= 15 is 0 Å². The van der Waals surface area contributed by atoms with Gasteiger partial charge >= 0.3 is 0 Å². The molecule has 0 N–H and O–H groups in total. The quantitative estimate of drug-likeness (QED) is 0.326. The highest BCUT2D eigenvalue weighted by Gasteiger charge is 2.58. The molecule has 10 atom stereocenters. The smallest absolute Gasteiger partial charge is 0.155 e. The number of ketones is 1. The standard InChI is InChI=1S/C41H51NO3/c1-25-18-38-40(42(23-25)24-29-10-13-33(14-11-29)44-32-8-6-5-7-9-32)28(4)41(45-38)17-16-35-34-15-12-30-20-31(43)19-26(2)39(30)37(34)21-36(35)27(3)22-41/h5-11,13-14,20,25-26,28,34-35,37-40H,12,15-19,21-24H2,1-4H3/t25-,26+,28+,34-,35-,37-,38+,39?,40-,41-/m0/s1. The molecule has 45 heavy (non-hydrogen) atoms. The number of piperidine rings is 1. The minimum absolute atomic E-state index is 0.0494. The fraction of sp³-hybridized carbons (Fsp3) is 0.585. The van der Waals surface area contributed by atoms with Gasteiger partial charge in [-0.05, 0) is 123 Å². The number of allylic oxidation sites excluding steroid dienone is 3. The predicted molar refractivity (Wildman–Crippen MR) is 179 cm³/mol. The van der Waals surface area contributed by atoms with Crippen LogP contribution in [-0.2, 0) is 16.1 Å². The van der Waals surface area contributed by atoms with Gasteiger partial charge in [0.25, 0.3) is 0 Å². The lowest BCUT2D eigenvalue weighted by Crippen LogP contribution is -2.51. The first-order valence-electron chi connectivity index (χ1n) is 17.9. The molecule has 0 aromatic heterocycles. The van der Waals surface area contributed by atoms with Gasteiger partial charge in [0.05, 0.1) is 11.7 Å². The molecule has 6 aliphatic rings. The third kappa shape index (κ3) is 5.25. The highest BCUT2D eigenvalue weighted by atomic mass is 16.5. The molecule has 2 aromatic rings. The molecule has 1 spiro atoms. The van der Waals surface area contributed by atoms with Crippen LogP contribution in [0.2, 0.25) is 0 Å². The van der Waals surface area contributed by atoms with E-state index in [9.17, 15) is 4.79 Å². The minimum atomic E-state index is -0.0494. The van der Waals surface area contributed by atoms with Gasteiger partial charge in [-0.25, -0.2) is 0 Å². The summed E-state index contributed by atoms with van der Waals surface area (Å²) >= 11 is 0. The third-order valence-electron chi connectivity index (χ3n) is 13.1. The first-order chi connectivity index (χ1) is 21.8. The summed E-state index contributed by atoms with van der Waals surface area (Å²) in [6, 6.07) is 19.2. The highest BCUT2D eigenvalue weighted by molar-refractivity contribution is 5.91. The minimum Gasteiger partial charge on any atom is -0.457 e. The van der Waals surface area contributed by atoms with Crippen LogP contribution in [0, 0.1) is 41.4 Å². The molecule has 0 bridgehead atoms. The van der Waals surface area contributed by atoms with Gasteiger partial charge in [-0.15, -0.1) is 0 Å². The summed E-state index contributed by atoms with van der Waals surface area (Å²) in [4.78, 5) is 15.1. The number of hydrogen-bond acceptors (Lipinski definition) is 4. The first-order valence-corrected chi connectivity index (χ1v) is 17.9. The molecular formula is C41H51NO3. The van der Waals surface area contributed by atoms with Crippen LogP contribution in [0.1, 0.15) is 84.6 Å². The molecule has 4 aliphatic carbocycles. The van der Waals surface area contributed by atoms with Crippen molar-refractivity contribution in [3.8, 4) is 11.5 Å². The second-order valence-corrected chi connectivity index (χ2v) is 15.9. The van der Waals surface area contributed by atoms with E-state index in [1.54, 1.807) is 11.1 Å². The molecule has 238 valence electrons. The van der Waals surface area contributed by atoms with Crippen LogP contribution in [0.15, 0.2) is 77.4 Å². The summed E-state index contributed by atoms with van der Waals surface area (Å²) < 4.78 is 13.4. The average molecular weight is 606 g/mol. The Morgan fingerprint density at radius 2 is 1.73 bits per heavy atom. The largest absolute Gasteiger partial charge is 0.457 e. The van der Waals surface area contributed by atoms with Crippen molar-refractivity contribution in [2.24, 2.45) is 41.4 Å². The zero-order valence-electron chi connectivity index (χ0n) is 27.7. The molecule has 2 saturated heterocycles. The zero-order chi connectivity index (χ0) is 30.9. The third-order valence-corrected chi connectivity index (χ3v) is 13.1. The molecule has 8 rings (SSSR count). The Morgan fingerprint density at radius 3 is 2.53 bits per heavy atom. The molecule has 4 fully saturated rings. The van der Waals surface area contributed by atoms with Crippen LogP contribution in [-0.4, -0.2) is 35.0 Å². The van der Waals surface area contributed by atoms with Gasteiger partial charge in [0.15, 0.2) is 5.78 Å². The van der Waals surface area contributed by atoms with Crippen molar-refractivity contribution in [3.63, 3.8) is 0 Å². The van der Waals surface area contributed by atoms with Crippen LogP contribution in [0.25, 0.3) is 0 Å². The second kappa shape index (κ2) is 11.5. The van der Waals surface area contributed by atoms with Crippen LogP contribution in [0.5, 0.6) is 11.5 Å². The Hall–Kier alpha value is -2.69. The summed E-state index contributed by atoms with van der Waals surface area (Å²) in [5.74, 6) is 6.63. The molecule has 1 unspecified atom stereocenters. The zero-order valence-corrected chi connectivity index (χ0v) is 27.7. The number of benzene rings is 2. The molecule has 4 heteroatoms. The van der Waals surface area contributed by atoms with Crippen LogP contribution in [0.4, 0.5) is 0 Å². The Bertz CT molecular complexity index is 1490. The topological polar surface area (TPSA) is 38.8 Å². The number of carbonyl (C=O) groups is 1. The van der Waals surface area contributed by atoms with Crippen molar-refractivity contribution >= 4 is 5.78 Å². The Labute approximate surface area is 270 Å². The molecule has 2 saturated carbocycles. The molecule has 0 amide bonds. The van der Waals surface area contributed by atoms with Crippen molar-refractivity contribution in [2.45, 2.75) is 103 Å². The van der Waals surface area contributed by atoms with E-state index < -0.39 is 0 Å². The van der Waals surface area contributed by atoms with Gasteiger partial charge in [-0.1, -0.05) is 67.8 Å². The predicted octanol–water partition coefficient (Wildman–Crippen LogP) is 9.16. The average Bonchev–Trinajstić information content (AvgIpc) is 3.47. The Balaban J connectivity index is 1.00. The molecule has 2 aliphatic heterocycles. The maximum Gasteiger partial charge on any atom is 0.155 e. The van der Waals surface area contributed by atoms with E-state index in [-0.39, 0.29) is 5.60 Å². The number of rotatable bonds is 4. The monoisotopic (exact) mass is 605 g/mol. The fourth-order valence-corrected chi connectivity index (χ4v) is 11.3. The van der Waals surface area contributed by atoms with Crippen molar-refractivity contribution < 1.29 is 14.3 Å². The van der Waals surface area contributed by atoms with Crippen molar-refractivity contribution in [3.05, 3.63) is 83.0 Å². The lowest BCUT2D eigenvalue weighted by molar-refractivity contribution is -0.116.